The molecule has 55 heavy (non-hydrogen) atoms. The third-order valence-electron chi connectivity index (χ3n) is 8.81. The van der Waals surface area contributed by atoms with Gasteiger partial charge in [-0.05, 0) is 29.7 Å². The molecule has 0 bridgehead atoms. The summed E-state index contributed by atoms with van der Waals surface area (Å²) in [7, 11) is 0. The lowest BCUT2D eigenvalue weighted by Gasteiger charge is -2.31. The summed E-state index contributed by atoms with van der Waals surface area (Å²) in [5.41, 5.74) is -1.34. The van der Waals surface area contributed by atoms with Gasteiger partial charge >= 0.3 is 12.4 Å². The second-order valence-corrected chi connectivity index (χ2v) is 12.6. The maximum Gasteiger partial charge on any atom is 0.451 e. The average molecular weight is 796 g/mol. The Morgan fingerprint density at radius 2 is 1.13 bits per heavy atom. The average Bonchev–Trinajstić information content (AvgIpc) is 3.74. The van der Waals surface area contributed by atoms with E-state index in [2.05, 4.69) is 25.7 Å². The number of alkyl halides is 6. The molecule has 294 valence electrons. The van der Waals surface area contributed by atoms with Crippen molar-refractivity contribution in [3.8, 4) is 0 Å². The lowest BCUT2D eigenvalue weighted by molar-refractivity contribution is -0.149. The van der Waals surface area contributed by atoms with Gasteiger partial charge in [0.2, 0.25) is 23.5 Å². The molecular formula is C32H25F12N9O2. The molecule has 2 amide bonds. The van der Waals surface area contributed by atoms with Gasteiger partial charge in [-0.2, -0.15) is 26.3 Å². The number of nitrogens with one attached hydrogen (secondary N) is 1. The van der Waals surface area contributed by atoms with Crippen LogP contribution in [0.1, 0.15) is 40.8 Å². The summed E-state index contributed by atoms with van der Waals surface area (Å²) in [6.45, 7) is -2.29. The van der Waals surface area contributed by atoms with Crippen LogP contribution in [0.15, 0.2) is 36.0 Å². The van der Waals surface area contributed by atoms with Gasteiger partial charge in [0.15, 0.2) is 34.9 Å². The second-order valence-electron chi connectivity index (χ2n) is 12.6. The van der Waals surface area contributed by atoms with Gasteiger partial charge in [0.05, 0.1) is 13.1 Å². The van der Waals surface area contributed by atoms with E-state index in [1.807, 2.05) is 0 Å². The van der Waals surface area contributed by atoms with Gasteiger partial charge in [-0.25, -0.2) is 26.3 Å². The van der Waals surface area contributed by atoms with Crippen molar-refractivity contribution >= 4 is 11.8 Å². The molecule has 1 N–H and O–H groups in total. The summed E-state index contributed by atoms with van der Waals surface area (Å²) in [6.07, 6.45) is -10.9. The fourth-order valence-corrected chi connectivity index (χ4v) is 6.19. The smallest absolute Gasteiger partial charge is 0.384 e. The third kappa shape index (κ3) is 8.53. The van der Waals surface area contributed by atoms with E-state index in [1.165, 1.54) is 0 Å². The molecule has 2 aromatic carbocycles. The van der Waals surface area contributed by atoms with Crippen LogP contribution in [0.25, 0.3) is 0 Å². The normalized spacial score (nSPS) is 15.5. The Bertz CT molecular complexity index is 2160. The molecule has 0 saturated carbocycles. The van der Waals surface area contributed by atoms with E-state index in [9.17, 15) is 62.3 Å². The molecule has 4 aromatic rings. The number of benzene rings is 2. The van der Waals surface area contributed by atoms with Crippen LogP contribution in [0.5, 0.6) is 0 Å². The molecule has 2 aliphatic heterocycles. The molecule has 0 radical (unpaired) electrons. The Hall–Kier alpha value is -5.64. The quantitative estimate of drug-likeness (QED) is 0.147. The number of hydrogen-bond acceptors (Lipinski definition) is 7. The summed E-state index contributed by atoms with van der Waals surface area (Å²) in [4.78, 5) is 29.2. The highest BCUT2D eigenvalue weighted by molar-refractivity contribution is 5.88. The molecule has 0 saturated heterocycles. The summed E-state index contributed by atoms with van der Waals surface area (Å²) in [5, 5.41) is 16.0. The van der Waals surface area contributed by atoms with Crippen molar-refractivity contribution in [2.45, 2.75) is 63.8 Å². The van der Waals surface area contributed by atoms with Crippen molar-refractivity contribution in [3.63, 3.8) is 0 Å². The van der Waals surface area contributed by atoms with Crippen LogP contribution in [0.3, 0.4) is 0 Å². The SMILES string of the molecule is O=C(C=C(Cc1cc(F)c(F)cc1F)N[C@@H](CC(=O)N1CCn2c(nnc2C(F)(F)F)C1)Cc1cc(F)c(F)cc1F)N1CCn2c(nnc2C(F)(F)F)C1. The predicted molar refractivity (Wildman–Crippen MR) is 161 cm³/mol. The van der Waals surface area contributed by atoms with Crippen molar-refractivity contribution in [3.05, 3.63) is 105 Å². The van der Waals surface area contributed by atoms with Gasteiger partial charge in [-0.15, -0.1) is 20.4 Å². The van der Waals surface area contributed by atoms with Crippen molar-refractivity contribution < 1.29 is 62.3 Å². The van der Waals surface area contributed by atoms with Crippen molar-refractivity contribution in [2.24, 2.45) is 0 Å². The van der Waals surface area contributed by atoms with Gasteiger partial charge in [0, 0.05) is 69.0 Å². The number of aromatic nitrogens is 6. The molecule has 4 heterocycles. The third-order valence-corrected chi connectivity index (χ3v) is 8.81. The summed E-state index contributed by atoms with van der Waals surface area (Å²) >= 11 is 0. The number of amides is 2. The first kappa shape index (κ1) is 39.1. The minimum Gasteiger partial charge on any atom is -0.384 e. The van der Waals surface area contributed by atoms with Gasteiger partial charge in [0.25, 0.3) is 0 Å². The van der Waals surface area contributed by atoms with Crippen LogP contribution in [0, 0.1) is 34.9 Å². The first-order chi connectivity index (χ1) is 25.8. The molecule has 0 spiro atoms. The number of nitrogens with zero attached hydrogens (tertiary/aromatic N) is 8. The molecule has 2 aliphatic rings. The molecule has 23 heteroatoms. The van der Waals surface area contributed by atoms with E-state index >= 15 is 0 Å². The zero-order chi connectivity index (χ0) is 40.0. The largest absolute Gasteiger partial charge is 0.451 e. The zero-order valence-corrected chi connectivity index (χ0v) is 27.8. The Morgan fingerprint density at radius 3 is 1.67 bits per heavy atom. The van der Waals surface area contributed by atoms with Crippen LogP contribution in [0.4, 0.5) is 52.7 Å². The van der Waals surface area contributed by atoms with E-state index < -0.39 is 127 Å². The standard InChI is InChI=1S/C32H25F12N9O2/c33-19-11-23(37)21(35)7-15(19)5-17(9-27(54)50-1-3-52-25(13-50)46-48-29(52)31(39,40)41)45-18(6-16-8-22(36)24(38)12-20(16)34)10-28(55)51-2-4-53-26(14-51)47-49-30(53)32(42,43)44/h7-9,11-12,18,45H,1-6,10,13-14H2/t18-/m1/s1. The Morgan fingerprint density at radius 1 is 0.655 bits per heavy atom. The van der Waals surface area contributed by atoms with Gasteiger partial charge in [-0.1, -0.05) is 0 Å². The zero-order valence-electron chi connectivity index (χ0n) is 27.8. The molecule has 2 aromatic heterocycles. The molecule has 11 nitrogen and oxygen atoms in total. The van der Waals surface area contributed by atoms with Crippen LogP contribution in [0.2, 0.25) is 0 Å². The monoisotopic (exact) mass is 795 g/mol. The Labute approximate surface area is 301 Å². The van der Waals surface area contributed by atoms with E-state index in [1.54, 1.807) is 0 Å². The minimum absolute atomic E-state index is 0.219. The van der Waals surface area contributed by atoms with Crippen LogP contribution < -0.4 is 5.32 Å². The highest BCUT2D eigenvalue weighted by Crippen LogP contribution is 2.31. The Kier molecular flexibility index (Phi) is 10.6. The van der Waals surface area contributed by atoms with Crippen LogP contribution in [-0.4, -0.2) is 70.3 Å². The molecule has 6 rings (SSSR count). The van der Waals surface area contributed by atoms with Gasteiger partial charge in [-0.3, -0.25) is 9.59 Å². The molecular weight excluding hydrogens is 770 g/mol. The van der Waals surface area contributed by atoms with Crippen LogP contribution >= 0.6 is 0 Å². The highest BCUT2D eigenvalue weighted by atomic mass is 19.4. The number of fused-ring (bicyclic) bond motifs is 2. The maximum absolute atomic E-state index is 14.9. The van der Waals surface area contributed by atoms with E-state index in [4.69, 9.17) is 0 Å². The number of allylic oxidation sites excluding steroid dienone is 1. The molecule has 0 unspecified atom stereocenters. The van der Waals surface area contributed by atoms with Crippen molar-refractivity contribution in [1.82, 2.24) is 44.6 Å². The summed E-state index contributed by atoms with van der Waals surface area (Å²) in [5.74, 6) is -13.3. The van der Waals surface area contributed by atoms with Gasteiger partial charge < -0.3 is 24.3 Å². The van der Waals surface area contributed by atoms with Crippen molar-refractivity contribution in [2.75, 3.05) is 13.1 Å². The Balaban J connectivity index is 1.31. The van der Waals surface area contributed by atoms with Crippen molar-refractivity contribution in [1.29, 1.82) is 0 Å². The predicted octanol–water partition coefficient (Wildman–Crippen LogP) is 4.84. The summed E-state index contributed by atoms with van der Waals surface area (Å²) in [6, 6.07) is 0.0328. The molecule has 1 atom stereocenters. The first-order valence-electron chi connectivity index (χ1n) is 16.1. The lowest BCUT2D eigenvalue weighted by Crippen LogP contribution is -2.43. The topological polar surface area (TPSA) is 114 Å². The fourth-order valence-electron chi connectivity index (χ4n) is 6.19. The van der Waals surface area contributed by atoms with Gasteiger partial charge in [0.1, 0.15) is 11.6 Å². The van der Waals surface area contributed by atoms with E-state index in [-0.39, 0.29) is 49.1 Å². The minimum atomic E-state index is -4.85. The number of rotatable bonds is 9. The first-order valence-corrected chi connectivity index (χ1v) is 16.1. The number of carbonyl (C=O) groups excluding carboxylic acids is 2. The second kappa shape index (κ2) is 14.9. The highest BCUT2D eigenvalue weighted by Gasteiger charge is 2.41. The van der Waals surface area contributed by atoms with Crippen LogP contribution in [-0.2, 0) is 61.0 Å². The number of carbonyl (C=O) groups is 2. The van der Waals surface area contributed by atoms with E-state index in [0.29, 0.717) is 12.1 Å². The number of halogens is 12. The lowest BCUT2D eigenvalue weighted by atomic mass is 9.99. The molecule has 0 aliphatic carbocycles. The maximum atomic E-state index is 14.9. The van der Waals surface area contributed by atoms with E-state index in [0.717, 1.165) is 25.0 Å². The molecule has 0 fully saturated rings. The number of hydrogen-bond donors (Lipinski definition) is 1. The summed E-state index contributed by atoms with van der Waals surface area (Å²) < 4.78 is 167. The fraction of sp³-hybridized carbons (Fsp3) is 0.375.